The Bertz CT molecular complexity index is 380. The third kappa shape index (κ3) is 2.88. The van der Waals surface area contributed by atoms with Crippen LogP contribution in [0.25, 0.3) is 0 Å². The van der Waals surface area contributed by atoms with E-state index < -0.39 is 0 Å². The van der Waals surface area contributed by atoms with Crippen molar-refractivity contribution in [3.63, 3.8) is 0 Å². The first-order valence-corrected chi connectivity index (χ1v) is 6.57. The molecule has 0 radical (unpaired) electrons. The molecule has 0 aliphatic carbocycles. The summed E-state index contributed by atoms with van der Waals surface area (Å²) < 4.78 is 5.35. The van der Waals surface area contributed by atoms with Crippen LogP contribution >= 0.6 is 0 Å². The highest BCUT2D eigenvalue weighted by Gasteiger charge is 2.28. The molecule has 1 aromatic heterocycles. The number of nitrogens with zero attached hydrogens (tertiary/aromatic N) is 4. The van der Waals surface area contributed by atoms with Gasteiger partial charge >= 0.3 is 0 Å². The maximum Gasteiger partial charge on any atom is 0.243 e. The fraction of sp³-hybridized carbons (Fsp3) is 0.833. The van der Waals surface area contributed by atoms with Crippen molar-refractivity contribution in [1.82, 2.24) is 25.3 Å². The SMILES string of the molecule is CCNC(C)c1nc(C2CN(C)CCN2C)no1. The summed E-state index contributed by atoms with van der Waals surface area (Å²) in [6, 6.07) is 0.345. The number of piperazine rings is 1. The van der Waals surface area contributed by atoms with Crippen LogP contribution in [0, 0.1) is 0 Å². The zero-order valence-corrected chi connectivity index (χ0v) is 11.7. The van der Waals surface area contributed by atoms with Crippen LogP contribution in [0.3, 0.4) is 0 Å². The van der Waals surface area contributed by atoms with E-state index in [1.54, 1.807) is 0 Å². The molecular formula is C12H23N5O. The lowest BCUT2D eigenvalue weighted by Crippen LogP contribution is -2.45. The molecule has 2 unspecified atom stereocenters. The maximum absolute atomic E-state index is 5.35. The highest BCUT2D eigenvalue weighted by atomic mass is 16.5. The van der Waals surface area contributed by atoms with Crippen molar-refractivity contribution in [2.45, 2.75) is 25.9 Å². The summed E-state index contributed by atoms with van der Waals surface area (Å²) in [5.74, 6) is 1.47. The van der Waals surface area contributed by atoms with E-state index in [0.29, 0.717) is 5.89 Å². The lowest BCUT2D eigenvalue weighted by Gasteiger charge is -2.35. The van der Waals surface area contributed by atoms with Gasteiger partial charge in [-0.2, -0.15) is 4.98 Å². The number of hydrogen-bond donors (Lipinski definition) is 1. The van der Waals surface area contributed by atoms with Gasteiger partial charge in [0.15, 0.2) is 5.82 Å². The van der Waals surface area contributed by atoms with Gasteiger partial charge in [-0.05, 0) is 27.6 Å². The van der Waals surface area contributed by atoms with Gasteiger partial charge in [-0.1, -0.05) is 12.1 Å². The van der Waals surface area contributed by atoms with E-state index in [1.807, 2.05) is 6.92 Å². The maximum atomic E-state index is 5.35. The molecule has 102 valence electrons. The molecule has 0 aromatic carbocycles. The summed E-state index contributed by atoms with van der Waals surface area (Å²) in [5.41, 5.74) is 0. The van der Waals surface area contributed by atoms with Crippen LogP contribution in [0.15, 0.2) is 4.52 Å². The van der Waals surface area contributed by atoms with Crippen molar-refractivity contribution >= 4 is 0 Å². The van der Waals surface area contributed by atoms with Crippen LogP contribution in [0.1, 0.15) is 37.6 Å². The Hall–Kier alpha value is -0.980. The summed E-state index contributed by atoms with van der Waals surface area (Å²) in [6.45, 7) is 8.07. The molecule has 6 heteroatoms. The van der Waals surface area contributed by atoms with Crippen LogP contribution in [0.5, 0.6) is 0 Å². The van der Waals surface area contributed by atoms with Crippen LogP contribution in [-0.2, 0) is 0 Å². The zero-order valence-electron chi connectivity index (χ0n) is 11.7. The van der Waals surface area contributed by atoms with Gasteiger partial charge in [0.05, 0.1) is 12.1 Å². The average Bonchev–Trinajstić information content (AvgIpc) is 2.82. The second-order valence-corrected chi connectivity index (χ2v) is 5.03. The second kappa shape index (κ2) is 5.77. The Balaban J connectivity index is 2.08. The van der Waals surface area contributed by atoms with E-state index >= 15 is 0 Å². The summed E-state index contributed by atoms with van der Waals surface area (Å²) >= 11 is 0. The molecule has 1 aliphatic heterocycles. The number of likely N-dealkylation sites (N-methyl/N-ethyl adjacent to an activating group) is 2. The minimum Gasteiger partial charge on any atom is -0.338 e. The lowest BCUT2D eigenvalue weighted by atomic mass is 10.2. The molecule has 1 saturated heterocycles. The average molecular weight is 253 g/mol. The lowest BCUT2D eigenvalue weighted by molar-refractivity contribution is 0.108. The first-order chi connectivity index (χ1) is 8.61. The van der Waals surface area contributed by atoms with Crippen LogP contribution in [-0.4, -0.2) is 60.2 Å². The molecular weight excluding hydrogens is 230 g/mol. The Morgan fingerprint density at radius 1 is 1.44 bits per heavy atom. The molecule has 2 heterocycles. The largest absolute Gasteiger partial charge is 0.338 e. The fourth-order valence-electron chi connectivity index (χ4n) is 2.24. The molecule has 18 heavy (non-hydrogen) atoms. The van der Waals surface area contributed by atoms with E-state index in [2.05, 4.69) is 46.3 Å². The monoisotopic (exact) mass is 253 g/mol. The molecule has 2 atom stereocenters. The van der Waals surface area contributed by atoms with Crippen molar-refractivity contribution in [3.05, 3.63) is 11.7 Å². The van der Waals surface area contributed by atoms with Crippen molar-refractivity contribution in [2.24, 2.45) is 0 Å². The Labute approximate surface area is 108 Å². The van der Waals surface area contributed by atoms with Crippen LogP contribution in [0.4, 0.5) is 0 Å². The molecule has 2 rings (SSSR count). The molecule has 6 nitrogen and oxygen atoms in total. The smallest absolute Gasteiger partial charge is 0.243 e. The summed E-state index contributed by atoms with van der Waals surface area (Å²) in [4.78, 5) is 9.11. The second-order valence-electron chi connectivity index (χ2n) is 5.03. The van der Waals surface area contributed by atoms with Crippen molar-refractivity contribution in [2.75, 3.05) is 40.3 Å². The Morgan fingerprint density at radius 2 is 2.22 bits per heavy atom. The van der Waals surface area contributed by atoms with Gasteiger partial charge in [0, 0.05) is 19.6 Å². The normalized spacial score (nSPS) is 24.3. The molecule has 1 aliphatic rings. The summed E-state index contributed by atoms with van der Waals surface area (Å²) in [7, 11) is 4.24. The van der Waals surface area contributed by atoms with Gasteiger partial charge in [-0.3, -0.25) is 4.90 Å². The van der Waals surface area contributed by atoms with Gasteiger partial charge < -0.3 is 14.7 Å². The molecule has 1 aromatic rings. The third-order valence-electron chi connectivity index (χ3n) is 3.49. The molecule has 0 saturated carbocycles. The first kappa shape index (κ1) is 13.5. The van der Waals surface area contributed by atoms with Gasteiger partial charge in [0.2, 0.25) is 5.89 Å². The van der Waals surface area contributed by atoms with E-state index in [1.165, 1.54) is 0 Å². The van der Waals surface area contributed by atoms with Crippen molar-refractivity contribution < 1.29 is 4.52 Å². The summed E-state index contributed by atoms with van der Waals surface area (Å²) in [6.07, 6.45) is 0. The number of nitrogens with one attached hydrogen (secondary N) is 1. The van der Waals surface area contributed by atoms with Crippen LogP contribution in [0.2, 0.25) is 0 Å². The van der Waals surface area contributed by atoms with Crippen molar-refractivity contribution in [1.29, 1.82) is 0 Å². The molecule has 0 amide bonds. The minimum absolute atomic E-state index is 0.114. The van der Waals surface area contributed by atoms with Gasteiger partial charge in [0.25, 0.3) is 0 Å². The first-order valence-electron chi connectivity index (χ1n) is 6.57. The van der Waals surface area contributed by atoms with Gasteiger partial charge in [0.1, 0.15) is 0 Å². The molecule has 1 fully saturated rings. The Morgan fingerprint density at radius 3 is 2.94 bits per heavy atom. The molecule has 0 bridgehead atoms. The molecule has 1 N–H and O–H groups in total. The topological polar surface area (TPSA) is 57.4 Å². The van der Waals surface area contributed by atoms with E-state index in [-0.39, 0.29) is 12.1 Å². The summed E-state index contributed by atoms with van der Waals surface area (Å²) in [5, 5.41) is 7.41. The predicted molar refractivity (Wildman–Crippen MR) is 69.3 cm³/mol. The van der Waals surface area contributed by atoms with Gasteiger partial charge in [-0.25, -0.2) is 0 Å². The quantitative estimate of drug-likeness (QED) is 0.850. The van der Waals surface area contributed by atoms with Crippen LogP contribution < -0.4 is 5.32 Å². The third-order valence-corrected chi connectivity index (χ3v) is 3.49. The predicted octanol–water partition coefficient (Wildman–Crippen LogP) is 0.658. The van der Waals surface area contributed by atoms with E-state index in [9.17, 15) is 0 Å². The van der Waals surface area contributed by atoms with Crippen molar-refractivity contribution in [3.8, 4) is 0 Å². The zero-order chi connectivity index (χ0) is 13.1. The number of rotatable bonds is 4. The number of hydrogen-bond acceptors (Lipinski definition) is 6. The number of aromatic nitrogens is 2. The molecule has 0 spiro atoms. The highest BCUT2D eigenvalue weighted by molar-refractivity contribution is 4.99. The van der Waals surface area contributed by atoms with E-state index in [4.69, 9.17) is 4.52 Å². The Kier molecular flexibility index (Phi) is 4.31. The highest BCUT2D eigenvalue weighted by Crippen LogP contribution is 2.22. The standard InChI is InChI=1S/C12H23N5O/c1-5-13-9(2)12-14-11(15-18-12)10-8-16(3)6-7-17(10)4/h9-10,13H,5-8H2,1-4H3. The van der Waals surface area contributed by atoms with Gasteiger partial charge in [-0.15, -0.1) is 0 Å². The fourth-order valence-corrected chi connectivity index (χ4v) is 2.24. The minimum atomic E-state index is 0.114. The van der Waals surface area contributed by atoms with E-state index in [0.717, 1.165) is 32.0 Å².